The largest absolute Gasteiger partial charge is 3.00 e. The van der Waals surface area contributed by atoms with Crippen molar-refractivity contribution in [3.05, 3.63) is 158 Å². The number of fused-ring (bicyclic) bond motifs is 4. The van der Waals surface area contributed by atoms with Crippen LogP contribution in [-0.2, 0) is 25.5 Å². The molecule has 0 spiro atoms. The summed E-state index contributed by atoms with van der Waals surface area (Å²) in [5.41, 5.74) is 10.6. The zero-order valence-electron chi connectivity index (χ0n) is 22.7. The Morgan fingerprint density at radius 2 is 1.45 bits per heavy atom. The zero-order chi connectivity index (χ0) is 27.0. The molecule has 2 aromatic heterocycles. The van der Waals surface area contributed by atoms with Crippen molar-refractivity contribution in [2.75, 3.05) is 0 Å². The molecule has 0 saturated carbocycles. The first kappa shape index (κ1) is 27.4. The molecular weight excluding hydrogens is 665 g/mol. The molecule has 0 bridgehead atoms. The molecule has 0 fully saturated rings. The van der Waals surface area contributed by atoms with Crippen LogP contribution in [0, 0.1) is 20.0 Å². The Morgan fingerprint density at radius 3 is 2.15 bits per heavy atom. The third-order valence-electron chi connectivity index (χ3n) is 7.61. The first-order valence-electron chi connectivity index (χ1n) is 13.2. The number of aromatic nitrogens is 2. The van der Waals surface area contributed by atoms with Crippen molar-refractivity contribution < 1.29 is 24.7 Å². The van der Waals surface area contributed by atoms with Crippen LogP contribution in [0.25, 0.3) is 44.4 Å². The van der Waals surface area contributed by atoms with Gasteiger partial charge in [0.05, 0.1) is 6.20 Å². The fourth-order valence-electron chi connectivity index (χ4n) is 5.69. The van der Waals surface area contributed by atoms with Crippen molar-refractivity contribution in [3.63, 3.8) is 0 Å². The van der Waals surface area contributed by atoms with Gasteiger partial charge in [0.15, 0.2) is 0 Å². The molecule has 0 atom stereocenters. The minimum absolute atomic E-state index is 0. The van der Waals surface area contributed by atoms with E-state index < -0.39 is 0 Å². The van der Waals surface area contributed by atoms with Gasteiger partial charge in [0.25, 0.3) is 0 Å². The van der Waals surface area contributed by atoms with Crippen molar-refractivity contribution in [1.29, 1.82) is 0 Å². The van der Waals surface area contributed by atoms with E-state index in [0.29, 0.717) is 0 Å². The summed E-state index contributed by atoms with van der Waals surface area (Å²) in [6.07, 6.45) is 3.86. The fourth-order valence-corrected chi connectivity index (χ4v) is 5.69. The summed E-state index contributed by atoms with van der Waals surface area (Å²) in [4.78, 5) is 4.27. The Morgan fingerprint density at radius 1 is 0.750 bits per heavy atom. The Bertz CT molecular complexity index is 1790. The molecule has 1 aliphatic carbocycles. The van der Waals surface area contributed by atoms with Gasteiger partial charge in [0, 0.05) is 24.4 Å². The van der Waals surface area contributed by atoms with Crippen LogP contribution in [0.2, 0.25) is 0 Å². The van der Waals surface area contributed by atoms with Crippen molar-refractivity contribution in [2.45, 2.75) is 19.3 Å². The summed E-state index contributed by atoms with van der Waals surface area (Å²) < 4.78 is 1.98. The fraction of sp³-hybridized carbons (Fsp3) is 0.0811. The molecule has 2 heterocycles. The van der Waals surface area contributed by atoms with Crippen molar-refractivity contribution in [2.24, 2.45) is 0 Å². The van der Waals surface area contributed by atoms with Crippen LogP contribution in [-0.4, -0.2) is 4.98 Å². The number of rotatable bonds is 2. The monoisotopic (exact) mass is 695 g/mol. The van der Waals surface area contributed by atoms with E-state index in [9.17, 15) is 0 Å². The summed E-state index contributed by atoms with van der Waals surface area (Å²) in [7, 11) is 4.25. The minimum Gasteiger partial charge on any atom is -0.321 e. The molecule has 2 nitrogen and oxygen atoms in total. The van der Waals surface area contributed by atoms with Gasteiger partial charge in [-0.2, -0.15) is 18.6 Å². The van der Waals surface area contributed by atoms with Crippen LogP contribution >= 0.6 is 0 Å². The van der Waals surface area contributed by atoms with Crippen LogP contribution < -0.4 is 4.57 Å². The third-order valence-corrected chi connectivity index (χ3v) is 7.61. The molecule has 0 radical (unpaired) electrons. The van der Waals surface area contributed by atoms with Gasteiger partial charge in [-0.05, 0) is 63.4 Å². The van der Waals surface area contributed by atoms with Gasteiger partial charge in [0.1, 0.15) is 5.69 Å². The van der Waals surface area contributed by atoms with E-state index in [-0.39, 0.29) is 25.5 Å². The number of benzene rings is 4. The van der Waals surface area contributed by atoms with E-state index in [1.165, 1.54) is 33.0 Å². The molecule has 6 aromatic rings. The van der Waals surface area contributed by atoms with E-state index in [0.717, 1.165) is 28.1 Å². The third kappa shape index (κ3) is 4.84. The molecule has 40 heavy (non-hydrogen) atoms. The van der Waals surface area contributed by atoms with Crippen LogP contribution in [0.1, 0.15) is 30.5 Å². The van der Waals surface area contributed by atoms with Gasteiger partial charge < -0.3 is 4.57 Å². The molecule has 196 valence electrons. The van der Waals surface area contributed by atoms with E-state index in [1.807, 2.05) is 59.2 Å². The SMILES string of the molecule is [CH2-][n+]1ccc2c(c1-c1[c-]cccc1)C(C)(C)c1cc3ccccc3cc1-2.[CH2-]c1ccccc1-c1ccccn1.[Ir+3]. The molecule has 0 N–H and O–H groups in total. The molecule has 3 heteroatoms. The maximum Gasteiger partial charge on any atom is 3.00 e. The second kappa shape index (κ2) is 11.1. The summed E-state index contributed by atoms with van der Waals surface area (Å²) in [6, 6.07) is 40.9. The van der Waals surface area contributed by atoms with Crippen molar-refractivity contribution >= 4 is 10.8 Å². The molecule has 0 saturated heterocycles. The summed E-state index contributed by atoms with van der Waals surface area (Å²) in [5, 5.41) is 2.58. The van der Waals surface area contributed by atoms with Gasteiger partial charge in [-0.1, -0.05) is 55.8 Å². The van der Waals surface area contributed by atoms with E-state index >= 15 is 0 Å². The normalized spacial score (nSPS) is 12.4. The van der Waals surface area contributed by atoms with Gasteiger partial charge in [0.2, 0.25) is 0 Å². The van der Waals surface area contributed by atoms with Crippen LogP contribution in [0.15, 0.2) is 122 Å². The molecule has 0 amide bonds. The van der Waals surface area contributed by atoms with Gasteiger partial charge in [-0.15, -0.1) is 48.0 Å². The minimum atomic E-state index is -0.0889. The number of hydrogen-bond acceptors (Lipinski definition) is 1. The molecule has 0 unspecified atom stereocenters. The Hall–Kier alpha value is -4.17. The van der Waals surface area contributed by atoms with Gasteiger partial charge in [-0.3, -0.25) is 4.98 Å². The first-order chi connectivity index (χ1) is 18.9. The second-order valence-electron chi connectivity index (χ2n) is 10.4. The molecule has 4 aromatic carbocycles. The van der Waals surface area contributed by atoms with Crippen LogP contribution in [0.3, 0.4) is 0 Å². The molecular formula is C37H30IrN2+. The Labute approximate surface area is 250 Å². The van der Waals surface area contributed by atoms with Crippen LogP contribution in [0.4, 0.5) is 0 Å². The predicted octanol–water partition coefficient (Wildman–Crippen LogP) is 8.47. The summed E-state index contributed by atoms with van der Waals surface area (Å²) in [5.74, 6) is 0. The maximum absolute atomic E-state index is 4.27. The Kier molecular flexibility index (Phi) is 7.63. The number of nitrogens with zero attached hydrogens (tertiary/aromatic N) is 2. The quantitative estimate of drug-likeness (QED) is 0.131. The smallest absolute Gasteiger partial charge is 0.321 e. The summed E-state index contributed by atoms with van der Waals surface area (Å²) >= 11 is 0. The standard InChI is InChI=1S/C25H20N.C12H10N.Ir/c1-25(2)22-16-19-12-8-7-11-18(19)15-21(22)20-13-14-26(3)24(23(20)25)17-9-5-4-6-10-17;1-10-6-2-3-7-11(10)12-8-4-5-9-13-12;/h4-9,11-16H,3H2,1-2H3;2-9H,1H2;/q2*-1;+3. The van der Waals surface area contributed by atoms with E-state index in [1.54, 1.807) is 6.20 Å². The Balaban J connectivity index is 0.000000195. The maximum atomic E-state index is 4.27. The van der Waals surface area contributed by atoms with Crippen LogP contribution in [0.5, 0.6) is 0 Å². The first-order valence-corrected chi connectivity index (χ1v) is 13.2. The molecule has 1 aliphatic rings. The van der Waals surface area contributed by atoms with E-state index in [2.05, 4.69) is 99.7 Å². The summed E-state index contributed by atoms with van der Waals surface area (Å²) in [6.45, 7) is 8.59. The van der Waals surface area contributed by atoms with E-state index in [4.69, 9.17) is 0 Å². The molecule has 0 aliphatic heterocycles. The van der Waals surface area contributed by atoms with Crippen molar-refractivity contribution in [1.82, 2.24) is 4.98 Å². The van der Waals surface area contributed by atoms with Gasteiger partial charge in [-0.25, -0.2) is 0 Å². The molecule has 7 rings (SSSR count). The predicted molar refractivity (Wildman–Crippen MR) is 161 cm³/mol. The number of hydrogen-bond donors (Lipinski definition) is 0. The average molecular weight is 695 g/mol. The topological polar surface area (TPSA) is 16.8 Å². The average Bonchev–Trinajstić information content (AvgIpc) is 3.19. The van der Waals surface area contributed by atoms with Crippen molar-refractivity contribution in [3.8, 4) is 33.6 Å². The zero-order valence-corrected chi connectivity index (χ0v) is 25.1. The van der Waals surface area contributed by atoms with Gasteiger partial charge >= 0.3 is 20.1 Å². The second-order valence-corrected chi connectivity index (χ2v) is 10.4. The number of pyridine rings is 2.